The van der Waals surface area contributed by atoms with E-state index >= 15 is 0 Å². The summed E-state index contributed by atoms with van der Waals surface area (Å²) in [7, 11) is 26.6. The summed E-state index contributed by atoms with van der Waals surface area (Å²) in [5, 5.41) is 4.31. The second kappa shape index (κ2) is 43.9. The van der Waals surface area contributed by atoms with Crippen molar-refractivity contribution < 1.29 is 62.2 Å². The molecule has 2 aliphatic heterocycles. The molecule has 0 spiro atoms. The van der Waals surface area contributed by atoms with Crippen molar-refractivity contribution in [1.29, 1.82) is 0 Å². The summed E-state index contributed by atoms with van der Waals surface area (Å²) in [4.78, 5) is 9.83. The molecule has 9 aromatic carbocycles. The van der Waals surface area contributed by atoms with Gasteiger partial charge in [0.2, 0.25) is 0 Å². The fourth-order valence-corrected chi connectivity index (χ4v) is 20.1. The molecule has 103 heavy (non-hydrogen) atoms. The van der Waals surface area contributed by atoms with Crippen LogP contribution in [0.3, 0.4) is 0 Å². The van der Waals surface area contributed by atoms with Crippen LogP contribution >= 0.6 is 56.4 Å². The minimum absolute atomic E-state index is 0. The van der Waals surface area contributed by atoms with Gasteiger partial charge in [-0.25, -0.2) is 0 Å². The van der Waals surface area contributed by atoms with Crippen molar-refractivity contribution in [2.75, 3.05) is 59.9 Å². The van der Waals surface area contributed by atoms with Crippen LogP contribution in [0.4, 0.5) is 22.7 Å². The SMILES string of the molecule is CC(C)[OH+]c1ccc(S(=O)(=O)N(C)C)cc1[CH]=[Ru]([Cl])[Cl].CC(C)[OH+]c1ccccc1[CH]=[Ru]([Cl])[Cl].Cc1cc(C)c(N2[CH-]N(c3c(C)cc(C)cc3C)CC2)c(C)c1.Cc1cc(C)c(N2[CH-]N(c3c(C)cc(C)cc3C)CC2)c(C)c1.[CH3-].[CH3-].[Cl][Rh+2].c1ccc([PH+](c2ccccc2)c2ccccc2)cc1. The average molecular weight is 1800 g/mol. The maximum absolute atomic E-state index is 12.1. The molecular weight excluding hydrogens is 1690 g/mol. The van der Waals surface area contributed by atoms with Crippen LogP contribution in [0.25, 0.3) is 0 Å². The van der Waals surface area contributed by atoms with Gasteiger partial charge in [-0.15, -0.1) is 0 Å². The Morgan fingerprint density at radius 3 is 0.951 bits per heavy atom. The van der Waals surface area contributed by atoms with E-state index < -0.39 is 45.0 Å². The molecule has 11 rings (SSSR count). The Morgan fingerprint density at radius 1 is 0.417 bits per heavy atom. The van der Waals surface area contributed by atoms with Gasteiger partial charge in [-0.2, -0.15) is 13.3 Å². The number of hydrogen-bond acceptors (Lipinski definition) is 6. The quantitative estimate of drug-likeness (QED) is 0.0441. The number of sulfonamides is 1. The molecule has 0 aliphatic carbocycles. The Balaban J connectivity index is 0.000000272. The third-order valence-corrected chi connectivity index (χ3v) is 24.7. The number of ether oxygens (including phenoxy) is 2. The first-order valence-electron chi connectivity index (χ1n) is 33.4. The van der Waals surface area contributed by atoms with Gasteiger partial charge in [0.1, 0.15) is 15.9 Å². The fourth-order valence-electron chi connectivity index (χ4n) is 13.0. The maximum Gasteiger partial charge on any atom is 0.102 e. The van der Waals surface area contributed by atoms with Crippen molar-refractivity contribution in [2.24, 2.45) is 0 Å². The van der Waals surface area contributed by atoms with Crippen LogP contribution in [0.15, 0.2) is 187 Å². The molecule has 0 radical (unpaired) electrons. The van der Waals surface area contributed by atoms with Crippen LogP contribution in [0.2, 0.25) is 0 Å². The molecule has 0 atom stereocenters. The normalized spacial score (nSPS) is 12.6. The minimum Gasteiger partial charge on any atom is -0.0620 e. The Morgan fingerprint density at radius 2 is 0.680 bits per heavy atom. The van der Waals surface area contributed by atoms with Crippen molar-refractivity contribution >= 4 is 114 Å². The van der Waals surface area contributed by atoms with Gasteiger partial charge < -0.3 is 34.5 Å². The maximum atomic E-state index is 12.1. The van der Waals surface area contributed by atoms with Crippen LogP contribution < -0.4 is 35.5 Å². The summed E-state index contributed by atoms with van der Waals surface area (Å²) < 4.78 is 38.0. The molecule has 2 heterocycles. The Labute approximate surface area is 661 Å². The molecule has 0 saturated carbocycles. The zero-order valence-electron chi connectivity index (χ0n) is 63.4. The molecule has 0 unspecified atom stereocenters. The minimum atomic E-state index is -3.48. The number of aryl methyl sites for hydroxylation is 12. The van der Waals surface area contributed by atoms with Gasteiger partial charge in [-0.1, -0.05) is 125 Å². The van der Waals surface area contributed by atoms with E-state index in [0.717, 1.165) is 37.5 Å². The van der Waals surface area contributed by atoms with E-state index in [9.17, 15) is 8.42 Å². The van der Waals surface area contributed by atoms with Gasteiger partial charge in [-0.05, 0) is 164 Å². The Hall–Kier alpha value is -4.82. The first kappa shape index (κ1) is 90.6. The molecule has 19 heteroatoms. The van der Waals surface area contributed by atoms with Crippen LogP contribution in [-0.2, 0) is 54.4 Å². The van der Waals surface area contributed by atoms with Crippen molar-refractivity contribution in [3.63, 3.8) is 0 Å². The number of nitrogens with zero attached hydrogens (tertiary/aromatic N) is 5. The monoisotopic (exact) mass is 1790 g/mol. The van der Waals surface area contributed by atoms with Crippen molar-refractivity contribution in [1.82, 2.24) is 4.31 Å². The van der Waals surface area contributed by atoms with Crippen molar-refractivity contribution in [2.45, 2.75) is 128 Å². The first-order chi connectivity index (χ1) is 47.9. The molecule has 2 N–H and O–H groups in total. The number of aliphatic hydroxyl groups is 2. The van der Waals surface area contributed by atoms with Crippen molar-refractivity contribution in [3.8, 4) is 11.5 Å². The van der Waals surface area contributed by atoms with Gasteiger partial charge in [0.15, 0.2) is 0 Å². The summed E-state index contributed by atoms with van der Waals surface area (Å²) in [5.74, 6) is 1.68. The molecule has 0 amide bonds. The average Bonchev–Trinajstić information content (AvgIpc) is 1.72. The standard InChI is InChI=1S/2C21H27N2.C18H15P.C12H17NO3S.C10H12O.2CH3.5ClH.Rh.2Ru/c2*1-14-9-16(3)20(17(4)10-14)22-7-8-23(13-22)21-18(5)11-15(2)12-19(21)6;1-4-10-16(11-5-1)19(17-12-6-2-7-13-17)18-14-8-3-9-15-18;1-9(2)16-12-7-6-11(8-10(12)3)17(14,15)13(4)5;1-8(2)11-10-7-5-4-6-9(10)3;;;;;;;;;;/h2*9-13H,7-8H2,1-6H3;1-15H;3,6-9H,1-2,4-5H3;3-8H,1-2H3;2*1H3;5*1H;;;/q2*-1;;;;2*-1;;;;;;+3;2*+2/p-2. The van der Waals surface area contributed by atoms with E-state index in [4.69, 9.17) is 38.8 Å². The van der Waals surface area contributed by atoms with E-state index in [0.29, 0.717) is 11.3 Å². The smallest absolute Gasteiger partial charge is 0.0620 e. The molecule has 0 aromatic heterocycles. The zero-order valence-corrected chi connectivity index (χ0v) is 74.1. The second-order valence-corrected chi connectivity index (χ2v) is 42.2. The predicted octanol–water partition coefficient (Wildman–Crippen LogP) is 20.8. The zero-order chi connectivity index (χ0) is 74.4. The third kappa shape index (κ3) is 26.8. The number of para-hydroxylation sites is 1. The molecule has 2 fully saturated rings. The number of hydrogen-bond donors (Lipinski definition) is 0. The van der Waals surface area contributed by atoms with E-state index in [1.54, 1.807) is 22.8 Å². The number of rotatable bonds is 15. The van der Waals surface area contributed by atoms with Gasteiger partial charge >= 0.3 is 258 Å². The molecule has 9 nitrogen and oxygen atoms in total. The van der Waals surface area contributed by atoms with Crippen LogP contribution in [0.1, 0.15) is 106 Å². The Bertz CT molecular complexity index is 3920. The van der Waals surface area contributed by atoms with E-state index in [-0.39, 0.29) is 32.0 Å². The van der Waals surface area contributed by atoms with Crippen LogP contribution in [-0.4, -0.2) is 83.9 Å². The van der Waals surface area contributed by atoms with Crippen LogP contribution in [0.5, 0.6) is 11.5 Å². The van der Waals surface area contributed by atoms with Gasteiger partial charge in [0.25, 0.3) is 0 Å². The number of anilines is 4. The summed E-state index contributed by atoms with van der Waals surface area (Å²) in [6.07, 6.45) is 0.389. The molecule has 9 aromatic rings. The number of halogens is 5. The molecule has 0 bridgehead atoms. The van der Waals surface area contributed by atoms with Crippen LogP contribution in [0, 0.1) is 111 Å². The number of benzene rings is 9. The van der Waals surface area contributed by atoms with Crippen molar-refractivity contribution in [3.05, 3.63) is 288 Å². The third-order valence-electron chi connectivity index (χ3n) is 16.5. The van der Waals surface area contributed by atoms with E-state index in [2.05, 4.69) is 275 Å². The molecule has 562 valence electrons. The largest absolute Gasteiger partial charge is 0.102 e. The van der Waals surface area contributed by atoms with E-state index in [1.165, 1.54) is 124 Å². The summed E-state index contributed by atoms with van der Waals surface area (Å²) in [6, 6.07) is 63.5. The molecular formula is C84H107Cl5N5O4PRhRu2S+. The van der Waals surface area contributed by atoms with Gasteiger partial charge in [0, 0.05) is 48.9 Å². The topological polar surface area (TPSA) is 75.9 Å². The molecule has 2 saturated heterocycles. The second-order valence-electron chi connectivity index (χ2n) is 26.1. The number of aromatic hydroxyl groups is 2. The van der Waals surface area contributed by atoms with E-state index in [1.807, 2.05) is 73.9 Å². The van der Waals surface area contributed by atoms with Gasteiger partial charge in [0.05, 0.1) is 7.92 Å². The summed E-state index contributed by atoms with van der Waals surface area (Å²) in [6.45, 7) is 43.1. The fraction of sp³-hybridized carbons (Fsp3) is 0.286. The summed E-state index contributed by atoms with van der Waals surface area (Å²) >= 11 is -1.79. The summed E-state index contributed by atoms with van der Waals surface area (Å²) in [5.41, 5.74) is 23.4. The molecule has 2 aliphatic rings. The Kier molecular flexibility index (Phi) is 38.6. The predicted molar refractivity (Wildman–Crippen MR) is 447 cm³/mol. The first-order valence-corrected chi connectivity index (χ1v) is 49.4. The van der Waals surface area contributed by atoms with Gasteiger partial charge in [-0.3, -0.25) is 0 Å².